The Labute approximate surface area is 120 Å². The molecule has 1 fully saturated rings. The Kier molecular flexibility index (Phi) is 6.95. The van der Waals surface area contributed by atoms with E-state index in [0.717, 1.165) is 32.4 Å². The van der Waals surface area contributed by atoms with Gasteiger partial charge >= 0.3 is 5.97 Å². The molecule has 0 saturated carbocycles. The van der Waals surface area contributed by atoms with Gasteiger partial charge in [-0.3, -0.25) is 4.79 Å². The molecule has 3 N–H and O–H groups in total. The Morgan fingerprint density at radius 2 is 2.05 bits per heavy atom. The third kappa shape index (κ3) is 4.45. The summed E-state index contributed by atoms with van der Waals surface area (Å²) >= 11 is 0. The molecule has 1 aliphatic heterocycles. The second kappa shape index (κ2) is 8.21. The van der Waals surface area contributed by atoms with Crippen LogP contribution >= 0.6 is 0 Å². The van der Waals surface area contributed by atoms with Crippen molar-refractivity contribution in [2.24, 2.45) is 5.41 Å². The Balaban J connectivity index is 2.61. The van der Waals surface area contributed by atoms with E-state index in [-0.39, 0.29) is 5.91 Å². The standard InChI is InChI=1S/C14H26N2O4/c1-3-14(6-8-15-9-7-14)13(19)16-11(12(17)18)5-4-10-20-2/h11,15H,3-10H2,1-2H3,(H,16,19)(H,17,18). The number of hydrogen-bond acceptors (Lipinski definition) is 4. The maximum atomic E-state index is 12.5. The van der Waals surface area contributed by atoms with Crippen molar-refractivity contribution in [2.45, 2.75) is 45.1 Å². The van der Waals surface area contributed by atoms with Gasteiger partial charge in [0.25, 0.3) is 0 Å². The molecule has 0 aromatic carbocycles. The number of rotatable bonds is 8. The summed E-state index contributed by atoms with van der Waals surface area (Å²) in [5, 5.41) is 15.2. The van der Waals surface area contributed by atoms with E-state index in [0.29, 0.717) is 19.4 Å². The first kappa shape index (κ1) is 16.9. The fourth-order valence-corrected chi connectivity index (χ4v) is 2.65. The molecular weight excluding hydrogens is 260 g/mol. The summed E-state index contributed by atoms with van der Waals surface area (Å²) in [6.45, 7) is 4.11. The topological polar surface area (TPSA) is 87.7 Å². The molecule has 1 heterocycles. The highest BCUT2D eigenvalue weighted by atomic mass is 16.5. The van der Waals surface area contributed by atoms with Gasteiger partial charge < -0.3 is 20.5 Å². The van der Waals surface area contributed by atoms with Crippen LogP contribution in [0.1, 0.15) is 39.0 Å². The monoisotopic (exact) mass is 286 g/mol. The summed E-state index contributed by atoms with van der Waals surface area (Å²) in [5.74, 6) is -1.10. The first-order valence-corrected chi connectivity index (χ1v) is 7.29. The SMILES string of the molecule is CCC1(C(=O)NC(CCCOC)C(=O)O)CCNCC1. The fourth-order valence-electron chi connectivity index (χ4n) is 2.65. The average molecular weight is 286 g/mol. The number of carboxylic acids is 1. The minimum absolute atomic E-state index is 0.119. The van der Waals surface area contributed by atoms with Gasteiger partial charge in [-0.05, 0) is 45.2 Å². The van der Waals surface area contributed by atoms with Crippen LogP contribution in [0.15, 0.2) is 0 Å². The molecule has 1 atom stereocenters. The van der Waals surface area contributed by atoms with Gasteiger partial charge in [-0.15, -0.1) is 0 Å². The van der Waals surface area contributed by atoms with E-state index < -0.39 is 17.4 Å². The van der Waals surface area contributed by atoms with Crippen molar-refractivity contribution in [3.8, 4) is 0 Å². The molecule has 0 aromatic rings. The van der Waals surface area contributed by atoms with E-state index in [2.05, 4.69) is 10.6 Å². The van der Waals surface area contributed by atoms with Crippen molar-refractivity contribution in [3.05, 3.63) is 0 Å². The van der Waals surface area contributed by atoms with Gasteiger partial charge in [-0.2, -0.15) is 0 Å². The smallest absolute Gasteiger partial charge is 0.326 e. The van der Waals surface area contributed by atoms with E-state index in [1.807, 2.05) is 6.92 Å². The molecule has 116 valence electrons. The van der Waals surface area contributed by atoms with Gasteiger partial charge in [0.2, 0.25) is 5.91 Å². The number of nitrogens with one attached hydrogen (secondary N) is 2. The minimum atomic E-state index is -0.977. The summed E-state index contributed by atoms with van der Waals surface area (Å²) in [5.41, 5.74) is -0.416. The van der Waals surface area contributed by atoms with E-state index in [1.165, 1.54) is 0 Å². The van der Waals surface area contributed by atoms with E-state index in [9.17, 15) is 14.7 Å². The van der Waals surface area contributed by atoms with Crippen molar-refractivity contribution in [2.75, 3.05) is 26.8 Å². The second-order valence-electron chi connectivity index (χ2n) is 5.38. The van der Waals surface area contributed by atoms with Gasteiger partial charge in [0.05, 0.1) is 5.41 Å². The van der Waals surface area contributed by atoms with Gasteiger partial charge in [-0.1, -0.05) is 6.92 Å². The normalized spacial score (nSPS) is 19.3. The van der Waals surface area contributed by atoms with Crippen LogP contribution in [0.3, 0.4) is 0 Å². The molecule has 0 radical (unpaired) electrons. The predicted octanol–water partition coefficient (Wildman–Crippen LogP) is 0.762. The number of hydrogen-bond donors (Lipinski definition) is 3. The largest absolute Gasteiger partial charge is 0.480 e. The number of ether oxygens (including phenoxy) is 1. The van der Waals surface area contributed by atoms with Crippen molar-refractivity contribution in [1.29, 1.82) is 0 Å². The van der Waals surface area contributed by atoms with Crippen LogP contribution in [0, 0.1) is 5.41 Å². The Morgan fingerprint density at radius 3 is 2.55 bits per heavy atom. The molecular formula is C14H26N2O4. The molecule has 0 bridgehead atoms. The highest BCUT2D eigenvalue weighted by molar-refractivity contribution is 5.87. The summed E-state index contributed by atoms with van der Waals surface area (Å²) in [4.78, 5) is 23.7. The van der Waals surface area contributed by atoms with E-state index in [1.54, 1.807) is 7.11 Å². The van der Waals surface area contributed by atoms with Crippen LogP contribution in [0.2, 0.25) is 0 Å². The molecule has 0 aromatic heterocycles. The highest BCUT2D eigenvalue weighted by Crippen LogP contribution is 2.32. The van der Waals surface area contributed by atoms with Crippen molar-refractivity contribution >= 4 is 11.9 Å². The molecule has 1 unspecified atom stereocenters. The molecule has 1 amide bonds. The van der Waals surface area contributed by atoms with Gasteiger partial charge in [0.15, 0.2) is 0 Å². The molecule has 6 nitrogen and oxygen atoms in total. The van der Waals surface area contributed by atoms with Crippen LogP contribution in [0.5, 0.6) is 0 Å². The lowest BCUT2D eigenvalue weighted by molar-refractivity contribution is -0.144. The average Bonchev–Trinajstić information content (AvgIpc) is 2.46. The Bertz CT molecular complexity index is 327. The fraction of sp³-hybridized carbons (Fsp3) is 0.857. The quantitative estimate of drug-likeness (QED) is 0.573. The third-order valence-corrected chi connectivity index (χ3v) is 4.16. The van der Waals surface area contributed by atoms with Crippen LogP contribution in [-0.2, 0) is 14.3 Å². The summed E-state index contributed by atoms with van der Waals surface area (Å²) in [7, 11) is 1.58. The lowest BCUT2D eigenvalue weighted by Crippen LogP contribution is -2.52. The Morgan fingerprint density at radius 1 is 1.40 bits per heavy atom. The molecule has 20 heavy (non-hydrogen) atoms. The lowest BCUT2D eigenvalue weighted by atomic mass is 9.75. The van der Waals surface area contributed by atoms with E-state index >= 15 is 0 Å². The van der Waals surface area contributed by atoms with Crippen LogP contribution in [0.4, 0.5) is 0 Å². The van der Waals surface area contributed by atoms with Crippen LogP contribution in [0.25, 0.3) is 0 Å². The van der Waals surface area contributed by atoms with Gasteiger partial charge in [0, 0.05) is 13.7 Å². The second-order valence-corrected chi connectivity index (χ2v) is 5.38. The number of carbonyl (C=O) groups is 2. The zero-order valence-corrected chi connectivity index (χ0v) is 12.4. The van der Waals surface area contributed by atoms with Crippen molar-refractivity contribution in [3.63, 3.8) is 0 Å². The zero-order chi connectivity index (χ0) is 15.0. The first-order valence-electron chi connectivity index (χ1n) is 7.29. The van der Waals surface area contributed by atoms with Gasteiger partial charge in [-0.25, -0.2) is 4.79 Å². The molecule has 1 rings (SSSR count). The van der Waals surface area contributed by atoms with Crippen LogP contribution in [-0.4, -0.2) is 49.8 Å². The first-order chi connectivity index (χ1) is 9.55. The van der Waals surface area contributed by atoms with Crippen molar-refractivity contribution < 1.29 is 19.4 Å². The maximum Gasteiger partial charge on any atom is 0.326 e. The number of piperidine rings is 1. The molecule has 6 heteroatoms. The molecule has 0 spiro atoms. The lowest BCUT2D eigenvalue weighted by Gasteiger charge is -2.36. The number of carbonyl (C=O) groups excluding carboxylic acids is 1. The number of aliphatic carboxylic acids is 1. The molecule has 1 aliphatic rings. The zero-order valence-electron chi connectivity index (χ0n) is 12.4. The number of methoxy groups -OCH3 is 1. The predicted molar refractivity (Wildman–Crippen MR) is 75.5 cm³/mol. The summed E-state index contributed by atoms with van der Waals surface area (Å²) < 4.78 is 4.92. The molecule has 1 saturated heterocycles. The minimum Gasteiger partial charge on any atom is -0.480 e. The summed E-state index contributed by atoms with van der Waals surface area (Å²) in [6, 6.07) is -0.823. The maximum absolute atomic E-state index is 12.5. The van der Waals surface area contributed by atoms with Crippen molar-refractivity contribution in [1.82, 2.24) is 10.6 Å². The highest BCUT2D eigenvalue weighted by Gasteiger charge is 2.39. The molecule has 0 aliphatic carbocycles. The van der Waals surface area contributed by atoms with Crippen LogP contribution < -0.4 is 10.6 Å². The summed E-state index contributed by atoms with van der Waals surface area (Å²) in [6.07, 6.45) is 3.28. The van der Waals surface area contributed by atoms with Gasteiger partial charge in [0.1, 0.15) is 6.04 Å². The van der Waals surface area contributed by atoms with E-state index in [4.69, 9.17) is 4.74 Å². The third-order valence-electron chi connectivity index (χ3n) is 4.16. The number of amides is 1. The number of carboxylic acid groups (broad SMARTS) is 1. The Hall–Kier alpha value is -1.14.